The van der Waals surface area contributed by atoms with E-state index in [2.05, 4.69) is 46.4 Å². The summed E-state index contributed by atoms with van der Waals surface area (Å²) >= 11 is 5.25. The minimum Gasteiger partial charge on any atom is -0.149 e. The van der Waals surface area contributed by atoms with Crippen molar-refractivity contribution in [1.82, 2.24) is 0 Å². The molecule has 0 aliphatic heterocycles. The van der Waals surface area contributed by atoms with Gasteiger partial charge < -0.3 is 0 Å². The Kier molecular flexibility index (Phi) is 4.62. The molecule has 0 aromatic carbocycles. The number of hydrogen-bond donors (Lipinski definition) is 0. The zero-order valence-corrected chi connectivity index (χ0v) is 9.62. The quantitative estimate of drug-likeness (QED) is 0.555. The van der Waals surface area contributed by atoms with E-state index in [0.29, 0.717) is 0 Å². The van der Waals surface area contributed by atoms with E-state index < -0.39 is 0 Å². The van der Waals surface area contributed by atoms with Gasteiger partial charge in [-0.1, -0.05) is 33.6 Å². The molecule has 2 heteroatoms. The lowest BCUT2D eigenvalue weighted by atomic mass is 10.1. The van der Waals surface area contributed by atoms with Gasteiger partial charge in [0, 0.05) is 16.6 Å². The normalized spacial score (nSPS) is 12.0. The maximum atomic E-state index is 3.41. The Bertz CT molecular complexity index is 236. The molecule has 0 saturated heterocycles. The topological polar surface area (TPSA) is 0 Å². The highest BCUT2D eigenvalue weighted by atomic mass is 79.9. The van der Waals surface area contributed by atoms with Crippen molar-refractivity contribution in [2.24, 2.45) is 0 Å². The van der Waals surface area contributed by atoms with Crippen molar-refractivity contribution < 1.29 is 0 Å². The third kappa shape index (κ3) is 3.55. The highest BCUT2D eigenvalue weighted by molar-refractivity contribution is 9.09. The summed E-state index contributed by atoms with van der Waals surface area (Å²) in [5.41, 5.74) is 1.47. The molecule has 0 unspecified atom stereocenters. The minimum atomic E-state index is 1.06. The number of allylic oxidation sites excluding steroid dienone is 2. The monoisotopic (exact) mass is 244 g/mol. The Balaban J connectivity index is 2.41. The standard InChI is InChI=1S/C10H13BrS/c1-9(4-2-6-11)8-10-5-3-7-12-10/h3-5,7H,2,6,8H2,1H3. The Morgan fingerprint density at radius 3 is 3.08 bits per heavy atom. The summed E-state index contributed by atoms with van der Waals surface area (Å²) in [5.74, 6) is 0. The van der Waals surface area contributed by atoms with Crippen LogP contribution in [0, 0.1) is 0 Å². The second-order valence-corrected chi connectivity index (χ2v) is 4.61. The van der Waals surface area contributed by atoms with Crippen LogP contribution >= 0.6 is 27.3 Å². The van der Waals surface area contributed by atoms with Crippen molar-refractivity contribution in [2.75, 3.05) is 5.33 Å². The lowest BCUT2D eigenvalue weighted by Crippen LogP contribution is -1.82. The van der Waals surface area contributed by atoms with E-state index in [9.17, 15) is 0 Å². The molecule has 0 atom stereocenters. The molecule has 12 heavy (non-hydrogen) atoms. The van der Waals surface area contributed by atoms with E-state index in [0.717, 1.165) is 18.2 Å². The number of thiophene rings is 1. The maximum absolute atomic E-state index is 3.41. The molecule has 66 valence electrons. The van der Waals surface area contributed by atoms with Crippen LogP contribution in [0.1, 0.15) is 18.2 Å². The molecule has 0 spiro atoms. The summed E-state index contributed by atoms with van der Waals surface area (Å²) in [4.78, 5) is 1.46. The van der Waals surface area contributed by atoms with Crippen LogP contribution in [0.5, 0.6) is 0 Å². The van der Waals surface area contributed by atoms with Gasteiger partial charge in [0.05, 0.1) is 0 Å². The molecule has 1 rings (SSSR count). The van der Waals surface area contributed by atoms with Crippen LogP contribution in [0.15, 0.2) is 29.2 Å². The minimum absolute atomic E-state index is 1.06. The van der Waals surface area contributed by atoms with Crippen molar-refractivity contribution in [1.29, 1.82) is 0 Å². The van der Waals surface area contributed by atoms with Crippen molar-refractivity contribution in [3.8, 4) is 0 Å². The second kappa shape index (κ2) is 5.55. The van der Waals surface area contributed by atoms with Gasteiger partial charge in [-0.15, -0.1) is 11.3 Å². The lowest BCUT2D eigenvalue weighted by Gasteiger charge is -1.96. The summed E-state index contributed by atoms with van der Waals surface area (Å²) < 4.78 is 0. The fraction of sp³-hybridized carbons (Fsp3) is 0.400. The fourth-order valence-electron chi connectivity index (χ4n) is 1.06. The number of hydrogen-bond acceptors (Lipinski definition) is 1. The summed E-state index contributed by atoms with van der Waals surface area (Å²) in [5, 5.41) is 3.20. The highest BCUT2D eigenvalue weighted by Gasteiger charge is 1.94. The molecular formula is C10H13BrS. The molecular weight excluding hydrogens is 232 g/mol. The Morgan fingerprint density at radius 1 is 1.67 bits per heavy atom. The van der Waals surface area contributed by atoms with E-state index in [1.165, 1.54) is 10.5 Å². The third-order valence-corrected chi connectivity index (χ3v) is 2.97. The van der Waals surface area contributed by atoms with E-state index >= 15 is 0 Å². The summed E-state index contributed by atoms with van der Waals surface area (Å²) in [6.45, 7) is 2.20. The molecule has 0 nitrogen and oxygen atoms in total. The highest BCUT2D eigenvalue weighted by Crippen LogP contribution is 2.14. The molecule has 0 N–H and O–H groups in total. The Morgan fingerprint density at radius 2 is 2.50 bits per heavy atom. The summed E-state index contributed by atoms with van der Waals surface area (Å²) in [6, 6.07) is 4.30. The molecule has 0 aliphatic carbocycles. The van der Waals surface area contributed by atoms with Crippen LogP contribution in [0.25, 0.3) is 0 Å². The average molecular weight is 245 g/mol. The number of rotatable bonds is 4. The van der Waals surface area contributed by atoms with Gasteiger partial charge >= 0.3 is 0 Å². The first-order valence-corrected chi connectivity index (χ1v) is 6.07. The second-order valence-electron chi connectivity index (χ2n) is 2.78. The van der Waals surface area contributed by atoms with Gasteiger partial charge in [0.1, 0.15) is 0 Å². The molecule has 1 aromatic heterocycles. The largest absolute Gasteiger partial charge is 0.149 e. The molecule has 0 amide bonds. The van der Waals surface area contributed by atoms with Gasteiger partial charge in [0.2, 0.25) is 0 Å². The van der Waals surface area contributed by atoms with Gasteiger partial charge in [0.15, 0.2) is 0 Å². The van der Waals surface area contributed by atoms with Crippen molar-refractivity contribution in [3.63, 3.8) is 0 Å². The summed E-state index contributed by atoms with van der Waals surface area (Å²) in [6.07, 6.45) is 4.55. The van der Waals surface area contributed by atoms with E-state index in [4.69, 9.17) is 0 Å². The van der Waals surface area contributed by atoms with E-state index in [1.807, 2.05) is 11.3 Å². The molecule has 0 bridgehead atoms. The fourth-order valence-corrected chi connectivity index (χ4v) is 2.09. The van der Waals surface area contributed by atoms with Crippen LogP contribution in [-0.4, -0.2) is 5.33 Å². The van der Waals surface area contributed by atoms with Gasteiger partial charge in [-0.3, -0.25) is 0 Å². The maximum Gasteiger partial charge on any atom is 0.00855 e. The van der Waals surface area contributed by atoms with Gasteiger partial charge in [-0.2, -0.15) is 0 Å². The zero-order valence-electron chi connectivity index (χ0n) is 7.22. The third-order valence-electron chi connectivity index (χ3n) is 1.64. The van der Waals surface area contributed by atoms with Crippen molar-refractivity contribution in [3.05, 3.63) is 34.0 Å². The lowest BCUT2D eigenvalue weighted by molar-refractivity contribution is 1.12. The van der Waals surface area contributed by atoms with Gasteiger partial charge in [-0.05, 0) is 24.8 Å². The molecule has 0 saturated carbocycles. The van der Waals surface area contributed by atoms with E-state index in [1.54, 1.807) is 0 Å². The predicted molar refractivity (Wildman–Crippen MR) is 60.2 cm³/mol. The van der Waals surface area contributed by atoms with Crippen molar-refractivity contribution >= 4 is 27.3 Å². The Labute approximate surface area is 86.4 Å². The molecule has 1 heterocycles. The predicted octanol–water partition coefficient (Wildman–Crippen LogP) is 4.02. The first kappa shape index (κ1) is 10.0. The van der Waals surface area contributed by atoms with E-state index in [-0.39, 0.29) is 0 Å². The number of halogens is 1. The SMILES string of the molecule is CC(=CCCBr)Cc1cccs1. The van der Waals surface area contributed by atoms with Gasteiger partial charge in [0.25, 0.3) is 0 Å². The van der Waals surface area contributed by atoms with Crippen LogP contribution in [-0.2, 0) is 6.42 Å². The first-order chi connectivity index (χ1) is 5.83. The molecule has 1 aromatic rings. The Hall–Kier alpha value is -0.0800. The first-order valence-electron chi connectivity index (χ1n) is 4.07. The van der Waals surface area contributed by atoms with Crippen LogP contribution in [0.2, 0.25) is 0 Å². The van der Waals surface area contributed by atoms with Gasteiger partial charge in [-0.25, -0.2) is 0 Å². The number of alkyl halides is 1. The smallest absolute Gasteiger partial charge is 0.00855 e. The average Bonchev–Trinajstić information content (AvgIpc) is 2.53. The molecule has 0 aliphatic rings. The van der Waals surface area contributed by atoms with Crippen LogP contribution < -0.4 is 0 Å². The molecule has 0 radical (unpaired) electrons. The van der Waals surface area contributed by atoms with Crippen LogP contribution in [0.4, 0.5) is 0 Å². The van der Waals surface area contributed by atoms with Crippen molar-refractivity contribution in [2.45, 2.75) is 19.8 Å². The zero-order chi connectivity index (χ0) is 8.81. The van der Waals surface area contributed by atoms with Crippen LogP contribution in [0.3, 0.4) is 0 Å². The summed E-state index contributed by atoms with van der Waals surface area (Å²) in [7, 11) is 0. The molecule has 0 fully saturated rings.